The molecule has 5 heteroatoms. The van der Waals surface area contributed by atoms with Crippen LogP contribution < -0.4 is 23.7 Å². The Hall–Kier alpha value is -5.16. The van der Waals surface area contributed by atoms with Crippen LogP contribution in [0.2, 0.25) is 0 Å². The first-order valence-corrected chi connectivity index (χ1v) is 18.5. The molecule has 5 aromatic rings. The number of hydrogen-bond donors (Lipinski definition) is 0. The van der Waals surface area contributed by atoms with Gasteiger partial charge in [0, 0.05) is 38.4 Å². The summed E-state index contributed by atoms with van der Waals surface area (Å²) in [5.41, 5.74) is 10.3. The van der Waals surface area contributed by atoms with Crippen LogP contribution in [-0.4, -0.2) is 27.9 Å². The summed E-state index contributed by atoms with van der Waals surface area (Å²) in [5.74, 6) is 4.09. The van der Waals surface area contributed by atoms with E-state index in [1.165, 1.54) is 38.8 Å². The summed E-state index contributed by atoms with van der Waals surface area (Å²) >= 11 is 0. The summed E-state index contributed by atoms with van der Waals surface area (Å²) < 4.78 is 31.5. The maximum Gasteiger partial charge on any atom is 0.178 e. The molecule has 0 N–H and O–H groups in total. The zero-order chi connectivity index (χ0) is 35.8. The summed E-state index contributed by atoms with van der Waals surface area (Å²) in [6, 6.07) is 27.8. The first kappa shape index (κ1) is 32.7. The number of allylic oxidation sites excluding steroid dienone is 2. The molecule has 1 saturated carbocycles. The molecule has 264 valence electrons. The lowest BCUT2D eigenvalue weighted by molar-refractivity contribution is 0.162. The Morgan fingerprint density at radius 1 is 0.788 bits per heavy atom. The predicted octanol–water partition coefficient (Wildman–Crippen LogP) is 11.0. The highest BCUT2D eigenvalue weighted by atomic mass is 16.5. The Kier molecular flexibility index (Phi) is 7.52. The Balaban J connectivity index is 1.42. The van der Waals surface area contributed by atoms with Gasteiger partial charge in [0.2, 0.25) is 0 Å². The third-order valence-corrected chi connectivity index (χ3v) is 12.0. The van der Waals surface area contributed by atoms with Gasteiger partial charge in [-0.25, -0.2) is 0 Å². The summed E-state index contributed by atoms with van der Waals surface area (Å²) in [5, 5.41) is 2.28. The van der Waals surface area contributed by atoms with Crippen LogP contribution in [0.4, 0.5) is 0 Å². The highest BCUT2D eigenvalue weighted by molar-refractivity contribution is 6.11. The molecule has 1 fully saturated rings. The molecule has 9 rings (SSSR count). The summed E-state index contributed by atoms with van der Waals surface area (Å²) in [6.45, 7) is 7.77. The molecular weight excluding hydrogens is 645 g/mol. The SMILES string of the molecule is C/C=C1\CC(C)(C)CC2(C1)c1ccccc1-c1c2c2c(c3cc(OC)c4c(c13)CCCO4)OC(c1ccc(OC)cc1)(c1ccc(OC)cc1)C=C2. The van der Waals surface area contributed by atoms with Gasteiger partial charge in [0.1, 0.15) is 17.2 Å². The first-order chi connectivity index (χ1) is 25.3. The lowest BCUT2D eigenvalue weighted by Crippen LogP contribution is -2.39. The number of hydrogen-bond acceptors (Lipinski definition) is 5. The molecule has 1 spiro atoms. The van der Waals surface area contributed by atoms with Gasteiger partial charge in [0.15, 0.2) is 17.1 Å². The van der Waals surface area contributed by atoms with Crippen LogP contribution in [0.1, 0.15) is 79.8 Å². The molecule has 4 aliphatic rings. The lowest BCUT2D eigenvalue weighted by Gasteiger charge is -2.47. The van der Waals surface area contributed by atoms with Crippen LogP contribution in [0.3, 0.4) is 0 Å². The molecule has 2 aliphatic heterocycles. The van der Waals surface area contributed by atoms with Gasteiger partial charge < -0.3 is 23.7 Å². The van der Waals surface area contributed by atoms with Gasteiger partial charge in [-0.1, -0.05) is 80.1 Å². The minimum absolute atomic E-state index is 0.105. The van der Waals surface area contributed by atoms with Crippen molar-refractivity contribution >= 4 is 16.8 Å². The van der Waals surface area contributed by atoms with Crippen molar-refractivity contribution in [2.75, 3.05) is 27.9 Å². The fourth-order valence-corrected chi connectivity index (χ4v) is 10.1. The average molecular weight is 691 g/mol. The number of benzene rings is 5. The van der Waals surface area contributed by atoms with Gasteiger partial charge in [-0.2, -0.15) is 0 Å². The zero-order valence-electron chi connectivity index (χ0n) is 31.0. The molecule has 0 amide bonds. The summed E-state index contributed by atoms with van der Waals surface area (Å²) in [6.07, 6.45) is 12.0. The smallest absolute Gasteiger partial charge is 0.178 e. The maximum absolute atomic E-state index is 7.73. The van der Waals surface area contributed by atoms with Crippen LogP contribution in [0.15, 0.2) is 96.6 Å². The van der Waals surface area contributed by atoms with E-state index in [-0.39, 0.29) is 10.8 Å². The minimum Gasteiger partial charge on any atom is -0.497 e. The second-order valence-electron chi connectivity index (χ2n) is 15.7. The van der Waals surface area contributed by atoms with E-state index in [1.807, 2.05) is 24.3 Å². The number of ether oxygens (including phenoxy) is 5. The molecule has 0 saturated heterocycles. The Morgan fingerprint density at radius 2 is 1.48 bits per heavy atom. The predicted molar refractivity (Wildman–Crippen MR) is 208 cm³/mol. The van der Waals surface area contributed by atoms with Crippen molar-refractivity contribution < 1.29 is 23.7 Å². The van der Waals surface area contributed by atoms with Gasteiger partial charge in [-0.15, -0.1) is 0 Å². The average Bonchev–Trinajstić information content (AvgIpc) is 3.44. The molecule has 5 nitrogen and oxygen atoms in total. The third kappa shape index (κ3) is 4.67. The Labute approximate surface area is 306 Å². The van der Waals surface area contributed by atoms with Crippen molar-refractivity contribution in [1.29, 1.82) is 0 Å². The molecule has 2 aliphatic carbocycles. The van der Waals surface area contributed by atoms with Gasteiger partial charge in [0.05, 0.1) is 27.9 Å². The largest absolute Gasteiger partial charge is 0.497 e. The maximum atomic E-state index is 7.73. The monoisotopic (exact) mass is 690 g/mol. The van der Waals surface area contributed by atoms with Crippen molar-refractivity contribution in [2.24, 2.45) is 5.41 Å². The van der Waals surface area contributed by atoms with Crippen molar-refractivity contribution in [3.05, 3.63) is 130 Å². The molecule has 0 radical (unpaired) electrons. The summed E-state index contributed by atoms with van der Waals surface area (Å²) in [4.78, 5) is 0. The van der Waals surface area contributed by atoms with E-state index in [9.17, 15) is 0 Å². The molecule has 1 unspecified atom stereocenters. The number of fused-ring (bicyclic) bond motifs is 12. The number of methoxy groups -OCH3 is 3. The van der Waals surface area contributed by atoms with Gasteiger partial charge >= 0.3 is 0 Å². The fourth-order valence-electron chi connectivity index (χ4n) is 10.1. The quantitative estimate of drug-likeness (QED) is 0.172. The number of rotatable bonds is 5. The number of aryl methyl sites for hydroxylation is 1. The molecule has 1 atom stereocenters. The molecule has 2 heterocycles. The van der Waals surface area contributed by atoms with E-state index in [4.69, 9.17) is 23.7 Å². The van der Waals surface area contributed by atoms with Crippen LogP contribution in [0, 0.1) is 5.41 Å². The molecule has 0 bridgehead atoms. The van der Waals surface area contributed by atoms with E-state index in [1.54, 1.807) is 21.3 Å². The van der Waals surface area contributed by atoms with Crippen molar-refractivity contribution in [3.8, 4) is 39.9 Å². The zero-order valence-corrected chi connectivity index (χ0v) is 31.0. The van der Waals surface area contributed by atoms with Crippen LogP contribution in [0.5, 0.6) is 28.7 Å². The third-order valence-electron chi connectivity index (χ3n) is 12.0. The minimum atomic E-state index is -0.925. The van der Waals surface area contributed by atoms with Crippen molar-refractivity contribution in [3.63, 3.8) is 0 Å². The molecule has 5 aromatic carbocycles. The highest BCUT2D eigenvalue weighted by Crippen LogP contribution is 2.66. The van der Waals surface area contributed by atoms with Crippen molar-refractivity contribution in [1.82, 2.24) is 0 Å². The summed E-state index contributed by atoms with van der Waals surface area (Å²) in [7, 11) is 5.14. The van der Waals surface area contributed by atoms with Gasteiger partial charge in [-0.3, -0.25) is 0 Å². The highest BCUT2D eigenvalue weighted by Gasteiger charge is 2.53. The molecule has 0 aromatic heterocycles. The standard InChI is InChI=1S/C47H46O5/c1-7-29-26-45(2,3)28-46(27-29)38-13-9-8-11-34(38)41-40-35-12-10-24-51-44(35)39(50-6)25-37(40)43-36(42(41)46)22-23-47(52-43,30-14-18-32(48-4)19-15-30)31-16-20-33(49-5)21-17-31/h7-9,11,13-23,25H,10,12,24,26-28H2,1-6H3/b29-7+. The lowest BCUT2D eigenvalue weighted by atomic mass is 9.57. The second-order valence-corrected chi connectivity index (χ2v) is 15.7. The van der Waals surface area contributed by atoms with E-state index >= 15 is 0 Å². The van der Waals surface area contributed by atoms with Gasteiger partial charge in [-0.05, 0) is 103 Å². The molecular formula is C47H46O5. The van der Waals surface area contributed by atoms with E-state index in [0.29, 0.717) is 6.61 Å². The first-order valence-electron chi connectivity index (χ1n) is 18.5. The topological polar surface area (TPSA) is 46.2 Å². The van der Waals surface area contributed by atoms with Gasteiger partial charge in [0.25, 0.3) is 0 Å². The van der Waals surface area contributed by atoms with Crippen LogP contribution in [0.25, 0.3) is 28.0 Å². The van der Waals surface area contributed by atoms with E-state index < -0.39 is 5.60 Å². The Morgan fingerprint density at radius 3 is 2.13 bits per heavy atom. The second kappa shape index (κ2) is 11.9. The van der Waals surface area contributed by atoms with E-state index in [0.717, 1.165) is 82.9 Å². The molecule has 52 heavy (non-hydrogen) atoms. The van der Waals surface area contributed by atoms with Crippen LogP contribution in [-0.2, 0) is 17.4 Å². The van der Waals surface area contributed by atoms with E-state index in [2.05, 4.69) is 93.6 Å². The van der Waals surface area contributed by atoms with Crippen molar-refractivity contribution in [2.45, 2.75) is 63.9 Å². The normalized spacial score (nSPS) is 21.1. The fraction of sp³-hybridized carbons (Fsp3) is 0.319. The van der Waals surface area contributed by atoms with Crippen LogP contribution >= 0.6 is 0 Å². The Bertz CT molecular complexity index is 2250.